The molecule has 1 amide bonds. The molecule has 0 unspecified atom stereocenters. The van der Waals surface area contributed by atoms with E-state index in [1.54, 1.807) is 36.7 Å². The Morgan fingerprint density at radius 1 is 1.21 bits per heavy atom. The zero-order chi connectivity index (χ0) is 16.7. The number of aromatic hydroxyl groups is 1. The molecule has 2 heterocycles. The fourth-order valence-electron chi connectivity index (χ4n) is 3.02. The van der Waals surface area contributed by atoms with Crippen LogP contribution >= 0.6 is 11.6 Å². The van der Waals surface area contributed by atoms with Crippen molar-refractivity contribution >= 4 is 23.3 Å². The first-order chi connectivity index (χ1) is 11.6. The van der Waals surface area contributed by atoms with E-state index in [1.165, 1.54) is 0 Å². The molecule has 1 aromatic heterocycles. The monoisotopic (exact) mass is 339 g/mol. The van der Waals surface area contributed by atoms with Crippen molar-refractivity contribution in [1.29, 1.82) is 0 Å². The SMILES string of the molecule is O=C1C[C@@H](c2cccc(O)c2)c2ncn(-c3ccc(Cl)cc3)c2N1. The minimum absolute atomic E-state index is 0.0773. The first kappa shape index (κ1) is 14.8. The highest BCUT2D eigenvalue weighted by molar-refractivity contribution is 6.30. The van der Waals surface area contributed by atoms with E-state index in [-0.39, 0.29) is 17.6 Å². The number of anilines is 1. The lowest BCUT2D eigenvalue weighted by Gasteiger charge is -2.23. The minimum atomic E-state index is -0.186. The number of rotatable bonds is 2. The quantitative estimate of drug-likeness (QED) is 0.748. The molecule has 120 valence electrons. The van der Waals surface area contributed by atoms with E-state index in [0.29, 0.717) is 17.3 Å². The highest BCUT2D eigenvalue weighted by Gasteiger charge is 2.31. The Balaban J connectivity index is 1.81. The molecule has 24 heavy (non-hydrogen) atoms. The summed E-state index contributed by atoms with van der Waals surface area (Å²) in [5.41, 5.74) is 2.52. The van der Waals surface area contributed by atoms with Crippen LogP contribution in [0.15, 0.2) is 54.9 Å². The number of halogens is 1. The molecule has 0 radical (unpaired) electrons. The van der Waals surface area contributed by atoms with Gasteiger partial charge in [0, 0.05) is 23.0 Å². The topological polar surface area (TPSA) is 67.1 Å². The van der Waals surface area contributed by atoms with Crippen LogP contribution in [0.4, 0.5) is 5.82 Å². The molecule has 2 aromatic carbocycles. The zero-order valence-electron chi connectivity index (χ0n) is 12.6. The largest absolute Gasteiger partial charge is 0.508 e. The van der Waals surface area contributed by atoms with Crippen LogP contribution in [0.3, 0.4) is 0 Å². The maximum atomic E-state index is 12.2. The lowest BCUT2D eigenvalue weighted by atomic mass is 9.90. The van der Waals surface area contributed by atoms with Crippen LogP contribution in [0.25, 0.3) is 5.69 Å². The van der Waals surface area contributed by atoms with E-state index in [2.05, 4.69) is 10.3 Å². The molecule has 1 aliphatic heterocycles. The zero-order valence-corrected chi connectivity index (χ0v) is 13.4. The third-order valence-electron chi connectivity index (χ3n) is 4.15. The molecule has 0 spiro atoms. The number of fused-ring (bicyclic) bond motifs is 1. The van der Waals surface area contributed by atoms with E-state index in [0.717, 1.165) is 16.9 Å². The number of carbonyl (C=O) groups excluding carboxylic acids is 1. The van der Waals surface area contributed by atoms with Gasteiger partial charge in [-0.05, 0) is 42.0 Å². The summed E-state index contributed by atoms with van der Waals surface area (Å²) in [6.07, 6.45) is 1.99. The van der Waals surface area contributed by atoms with Crippen molar-refractivity contribution in [3.63, 3.8) is 0 Å². The van der Waals surface area contributed by atoms with Crippen molar-refractivity contribution in [2.75, 3.05) is 5.32 Å². The fraction of sp³-hybridized carbons (Fsp3) is 0.111. The van der Waals surface area contributed by atoms with Gasteiger partial charge in [-0.25, -0.2) is 4.98 Å². The molecule has 6 heteroatoms. The molecule has 1 atom stereocenters. The van der Waals surface area contributed by atoms with Crippen molar-refractivity contribution in [2.45, 2.75) is 12.3 Å². The Morgan fingerprint density at radius 3 is 2.75 bits per heavy atom. The fourth-order valence-corrected chi connectivity index (χ4v) is 3.15. The normalized spacial score (nSPS) is 16.5. The van der Waals surface area contributed by atoms with Gasteiger partial charge in [0.1, 0.15) is 17.9 Å². The van der Waals surface area contributed by atoms with Crippen LogP contribution in [0, 0.1) is 0 Å². The second-order valence-corrected chi connectivity index (χ2v) is 6.16. The molecule has 3 aromatic rings. The smallest absolute Gasteiger partial charge is 0.226 e. The molecule has 0 saturated carbocycles. The summed E-state index contributed by atoms with van der Waals surface area (Å²) in [7, 11) is 0. The average molecular weight is 340 g/mol. The summed E-state index contributed by atoms with van der Waals surface area (Å²) >= 11 is 5.94. The van der Waals surface area contributed by atoms with Gasteiger partial charge in [-0.15, -0.1) is 0 Å². The number of phenolic OH excluding ortho intramolecular Hbond substituents is 1. The van der Waals surface area contributed by atoms with Gasteiger partial charge in [0.2, 0.25) is 5.91 Å². The number of amides is 1. The van der Waals surface area contributed by atoms with Crippen LogP contribution in [-0.2, 0) is 4.79 Å². The average Bonchev–Trinajstić information content (AvgIpc) is 2.98. The Labute approximate surface area is 143 Å². The minimum Gasteiger partial charge on any atom is -0.508 e. The molecular weight excluding hydrogens is 326 g/mol. The molecular formula is C18H14ClN3O2. The van der Waals surface area contributed by atoms with Crippen LogP contribution in [0.2, 0.25) is 5.02 Å². The molecule has 0 aliphatic carbocycles. The molecule has 5 nitrogen and oxygen atoms in total. The second-order valence-electron chi connectivity index (χ2n) is 5.72. The maximum Gasteiger partial charge on any atom is 0.226 e. The van der Waals surface area contributed by atoms with Gasteiger partial charge in [0.15, 0.2) is 0 Å². The Bertz CT molecular complexity index is 918. The van der Waals surface area contributed by atoms with Crippen LogP contribution in [0.5, 0.6) is 5.75 Å². The van der Waals surface area contributed by atoms with E-state index < -0.39 is 0 Å². The first-order valence-electron chi connectivity index (χ1n) is 7.54. The Hall–Kier alpha value is -2.79. The predicted octanol–water partition coefficient (Wildman–Crippen LogP) is 3.71. The molecule has 0 saturated heterocycles. The number of imidazole rings is 1. The molecule has 2 N–H and O–H groups in total. The summed E-state index contributed by atoms with van der Waals surface area (Å²) < 4.78 is 1.83. The van der Waals surface area contributed by atoms with Crippen molar-refractivity contribution < 1.29 is 9.90 Å². The highest BCUT2D eigenvalue weighted by atomic mass is 35.5. The Kier molecular flexibility index (Phi) is 3.50. The standard InChI is InChI=1S/C18H14ClN3O2/c19-12-4-6-13(7-5-12)22-10-20-17-15(9-16(24)21-18(17)22)11-2-1-3-14(23)8-11/h1-8,10,15,23H,9H2,(H,21,24)/t15-/m0/s1. The van der Waals surface area contributed by atoms with Crippen LogP contribution in [0.1, 0.15) is 23.6 Å². The van der Waals surface area contributed by atoms with Crippen molar-refractivity contribution in [3.05, 3.63) is 71.1 Å². The summed E-state index contributed by atoms with van der Waals surface area (Å²) in [6, 6.07) is 14.3. The molecule has 0 fully saturated rings. The summed E-state index contributed by atoms with van der Waals surface area (Å²) in [4.78, 5) is 16.7. The Morgan fingerprint density at radius 2 is 2.00 bits per heavy atom. The molecule has 1 aliphatic rings. The van der Waals surface area contributed by atoms with Gasteiger partial charge in [0.25, 0.3) is 0 Å². The maximum absolute atomic E-state index is 12.2. The number of nitrogens with one attached hydrogen (secondary N) is 1. The van der Waals surface area contributed by atoms with E-state index in [9.17, 15) is 9.90 Å². The molecule has 4 rings (SSSR count). The third kappa shape index (κ3) is 2.53. The first-order valence-corrected chi connectivity index (χ1v) is 7.91. The summed E-state index contributed by atoms with van der Waals surface area (Å²) in [6.45, 7) is 0. The van der Waals surface area contributed by atoms with Gasteiger partial charge >= 0.3 is 0 Å². The second kappa shape index (κ2) is 5.69. The van der Waals surface area contributed by atoms with Crippen molar-refractivity contribution in [2.24, 2.45) is 0 Å². The number of nitrogens with zero attached hydrogens (tertiary/aromatic N) is 2. The van der Waals surface area contributed by atoms with Gasteiger partial charge in [-0.2, -0.15) is 0 Å². The summed E-state index contributed by atoms with van der Waals surface area (Å²) in [5, 5.41) is 13.3. The number of hydrogen-bond donors (Lipinski definition) is 2. The number of hydrogen-bond acceptors (Lipinski definition) is 3. The summed E-state index contributed by atoms with van der Waals surface area (Å²) in [5.74, 6) is 0.569. The van der Waals surface area contributed by atoms with E-state index >= 15 is 0 Å². The van der Waals surface area contributed by atoms with Crippen molar-refractivity contribution in [1.82, 2.24) is 9.55 Å². The van der Waals surface area contributed by atoms with Crippen LogP contribution < -0.4 is 5.32 Å². The number of aromatic nitrogens is 2. The van der Waals surface area contributed by atoms with Gasteiger partial charge in [-0.1, -0.05) is 23.7 Å². The number of phenols is 1. The van der Waals surface area contributed by atoms with Gasteiger partial charge < -0.3 is 10.4 Å². The van der Waals surface area contributed by atoms with Crippen molar-refractivity contribution in [3.8, 4) is 11.4 Å². The number of benzene rings is 2. The van der Waals surface area contributed by atoms with E-state index in [4.69, 9.17) is 11.6 Å². The van der Waals surface area contributed by atoms with E-state index in [1.807, 2.05) is 22.8 Å². The van der Waals surface area contributed by atoms with Gasteiger partial charge in [0.05, 0.1) is 5.69 Å². The highest BCUT2D eigenvalue weighted by Crippen LogP contribution is 2.38. The molecule has 0 bridgehead atoms. The van der Waals surface area contributed by atoms with Crippen LogP contribution in [-0.4, -0.2) is 20.6 Å². The predicted molar refractivity (Wildman–Crippen MR) is 91.8 cm³/mol. The third-order valence-corrected chi connectivity index (χ3v) is 4.40. The lowest BCUT2D eigenvalue weighted by Crippen LogP contribution is -2.24. The number of carbonyl (C=O) groups is 1. The van der Waals surface area contributed by atoms with Gasteiger partial charge in [-0.3, -0.25) is 9.36 Å². The lowest BCUT2D eigenvalue weighted by molar-refractivity contribution is -0.116.